The molecule has 1 atom stereocenters. The fourth-order valence-electron chi connectivity index (χ4n) is 2.01. The van der Waals surface area contributed by atoms with Crippen molar-refractivity contribution in [2.24, 2.45) is 0 Å². The van der Waals surface area contributed by atoms with Gasteiger partial charge in [-0.15, -0.1) is 0 Å². The van der Waals surface area contributed by atoms with E-state index in [1.54, 1.807) is 7.11 Å². The fraction of sp³-hybridized carbons (Fsp3) is 1.00. The number of nitrogens with zero attached hydrogens (tertiary/aromatic N) is 1. The Labute approximate surface area is 99.0 Å². The van der Waals surface area contributed by atoms with Crippen molar-refractivity contribution in [1.82, 2.24) is 10.2 Å². The quantitative estimate of drug-likeness (QED) is 0.595. The highest BCUT2D eigenvalue weighted by Gasteiger charge is 2.19. The van der Waals surface area contributed by atoms with Crippen LogP contribution in [0.1, 0.15) is 26.2 Å². The van der Waals surface area contributed by atoms with Crippen molar-refractivity contribution in [2.75, 3.05) is 46.4 Å². The van der Waals surface area contributed by atoms with Gasteiger partial charge in [0.25, 0.3) is 0 Å². The van der Waals surface area contributed by atoms with Crippen LogP contribution in [0.2, 0.25) is 0 Å². The van der Waals surface area contributed by atoms with Gasteiger partial charge in [0.15, 0.2) is 0 Å². The Kier molecular flexibility index (Phi) is 6.28. The summed E-state index contributed by atoms with van der Waals surface area (Å²) in [6.07, 6.45) is 3.36. The van der Waals surface area contributed by atoms with Gasteiger partial charge in [-0.05, 0) is 32.9 Å². The molecule has 0 bridgehead atoms. The third kappa shape index (κ3) is 5.80. The van der Waals surface area contributed by atoms with Crippen molar-refractivity contribution >= 4 is 0 Å². The number of rotatable bonds is 8. The lowest BCUT2D eigenvalue weighted by molar-refractivity contribution is 0.0248. The van der Waals surface area contributed by atoms with E-state index in [9.17, 15) is 5.11 Å². The van der Waals surface area contributed by atoms with Crippen LogP contribution in [0.3, 0.4) is 0 Å². The molecule has 1 aliphatic rings. The van der Waals surface area contributed by atoms with Crippen molar-refractivity contribution < 1.29 is 9.84 Å². The molecule has 0 aliphatic carbocycles. The lowest BCUT2D eigenvalue weighted by Crippen LogP contribution is -2.41. The van der Waals surface area contributed by atoms with Gasteiger partial charge in [-0.25, -0.2) is 0 Å². The molecule has 0 aromatic carbocycles. The molecule has 0 saturated carbocycles. The summed E-state index contributed by atoms with van der Waals surface area (Å²) in [5, 5.41) is 13.3. The van der Waals surface area contributed by atoms with E-state index in [4.69, 9.17) is 4.74 Å². The van der Waals surface area contributed by atoms with Gasteiger partial charge in [-0.3, -0.25) is 0 Å². The van der Waals surface area contributed by atoms with E-state index in [0.717, 1.165) is 13.1 Å². The lowest BCUT2D eigenvalue weighted by Gasteiger charge is -2.24. The zero-order valence-electron chi connectivity index (χ0n) is 10.7. The predicted octanol–water partition coefficient (Wildman–Crippen LogP) is 0.459. The van der Waals surface area contributed by atoms with E-state index in [1.165, 1.54) is 25.9 Å². The number of nitrogens with one attached hydrogen (secondary N) is 1. The van der Waals surface area contributed by atoms with Crippen LogP contribution in [0, 0.1) is 0 Å². The molecule has 0 spiro atoms. The van der Waals surface area contributed by atoms with E-state index in [-0.39, 0.29) is 0 Å². The highest BCUT2D eigenvalue weighted by molar-refractivity contribution is 4.76. The van der Waals surface area contributed by atoms with Gasteiger partial charge in [-0.1, -0.05) is 0 Å². The summed E-state index contributed by atoms with van der Waals surface area (Å²) >= 11 is 0. The van der Waals surface area contributed by atoms with Crippen molar-refractivity contribution in [2.45, 2.75) is 31.8 Å². The van der Waals surface area contributed by atoms with Crippen LogP contribution in [0.4, 0.5) is 0 Å². The molecule has 16 heavy (non-hydrogen) atoms. The van der Waals surface area contributed by atoms with Crippen LogP contribution >= 0.6 is 0 Å². The minimum absolute atomic E-state index is 0.612. The summed E-state index contributed by atoms with van der Waals surface area (Å²) < 4.78 is 4.97. The molecule has 0 amide bonds. The van der Waals surface area contributed by atoms with E-state index >= 15 is 0 Å². The number of methoxy groups -OCH3 is 1. The zero-order valence-corrected chi connectivity index (χ0v) is 10.7. The van der Waals surface area contributed by atoms with Gasteiger partial charge in [0.1, 0.15) is 0 Å². The standard InChI is InChI=1S/C12H26N2O2/c1-12(15,5-10-16-2)11-13-6-9-14-7-3-4-8-14/h13,15H,3-11H2,1-2H3. The first kappa shape index (κ1) is 13.9. The predicted molar refractivity (Wildman–Crippen MR) is 65.7 cm³/mol. The lowest BCUT2D eigenvalue weighted by atomic mass is 10.0. The highest BCUT2D eigenvalue weighted by atomic mass is 16.5. The SMILES string of the molecule is COCCC(C)(O)CNCCN1CCCC1. The van der Waals surface area contributed by atoms with Crippen molar-refractivity contribution in [3.63, 3.8) is 0 Å². The van der Waals surface area contributed by atoms with E-state index in [2.05, 4.69) is 10.2 Å². The minimum Gasteiger partial charge on any atom is -0.389 e. The van der Waals surface area contributed by atoms with Gasteiger partial charge in [0.2, 0.25) is 0 Å². The summed E-state index contributed by atoms with van der Waals surface area (Å²) in [5.74, 6) is 0. The Hall–Kier alpha value is -0.160. The van der Waals surface area contributed by atoms with E-state index in [0.29, 0.717) is 19.6 Å². The van der Waals surface area contributed by atoms with Crippen LogP contribution in [-0.2, 0) is 4.74 Å². The fourth-order valence-corrected chi connectivity index (χ4v) is 2.01. The molecule has 1 heterocycles. The van der Waals surface area contributed by atoms with E-state index < -0.39 is 5.60 Å². The Morgan fingerprint density at radius 1 is 1.38 bits per heavy atom. The largest absolute Gasteiger partial charge is 0.389 e. The third-order valence-electron chi connectivity index (χ3n) is 3.15. The van der Waals surface area contributed by atoms with Crippen LogP contribution < -0.4 is 5.32 Å². The molecule has 0 aromatic rings. The monoisotopic (exact) mass is 230 g/mol. The van der Waals surface area contributed by atoms with Gasteiger partial charge >= 0.3 is 0 Å². The average molecular weight is 230 g/mol. The molecule has 1 unspecified atom stereocenters. The van der Waals surface area contributed by atoms with Crippen molar-refractivity contribution in [3.05, 3.63) is 0 Å². The number of ether oxygens (including phenoxy) is 1. The highest BCUT2D eigenvalue weighted by Crippen LogP contribution is 2.08. The molecule has 96 valence electrons. The molecular weight excluding hydrogens is 204 g/mol. The van der Waals surface area contributed by atoms with Gasteiger partial charge in [-0.2, -0.15) is 0 Å². The maximum absolute atomic E-state index is 9.98. The second kappa shape index (κ2) is 7.22. The Morgan fingerprint density at radius 3 is 2.69 bits per heavy atom. The molecule has 1 fully saturated rings. The summed E-state index contributed by atoms with van der Waals surface area (Å²) in [6.45, 7) is 7.65. The van der Waals surface area contributed by atoms with Crippen LogP contribution in [0.5, 0.6) is 0 Å². The Bertz CT molecular complexity index is 180. The van der Waals surface area contributed by atoms with Gasteiger partial charge < -0.3 is 20.1 Å². The van der Waals surface area contributed by atoms with Crippen LogP contribution in [0.25, 0.3) is 0 Å². The summed E-state index contributed by atoms with van der Waals surface area (Å²) in [6, 6.07) is 0. The molecule has 1 saturated heterocycles. The molecule has 1 aliphatic heterocycles. The second-order valence-corrected chi connectivity index (χ2v) is 4.97. The maximum atomic E-state index is 9.98. The summed E-state index contributed by atoms with van der Waals surface area (Å²) in [4.78, 5) is 2.47. The van der Waals surface area contributed by atoms with Crippen molar-refractivity contribution in [3.8, 4) is 0 Å². The summed E-state index contributed by atoms with van der Waals surface area (Å²) in [5.41, 5.74) is -0.652. The number of hydrogen-bond acceptors (Lipinski definition) is 4. The Morgan fingerprint density at radius 2 is 2.06 bits per heavy atom. The number of likely N-dealkylation sites (tertiary alicyclic amines) is 1. The van der Waals surface area contributed by atoms with Crippen molar-refractivity contribution in [1.29, 1.82) is 0 Å². The smallest absolute Gasteiger partial charge is 0.0765 e. The molecule has 0 radical (unpaired) electrons. The van der Waals surface area contributed by atoms with Crippen LogP contribution in [0.15, 0.2) is 0 Å². The molecular formula is C12H26N2O2. The molecule has 2 N–H and O–H groups in total. The molecule has 4 nitrogen and oxygen atoms in total. The third-order valence-corrected chi connectivity index (χ3v) is 3.15. The Balaban J connectivity index is 2.00. The normalized spacial score (nSPS) is 21.2. The van der Waals surface area contributed by atoms with Crippen LogP contribution in [-0.4, -0.2) is 62.0 Å². The molecule has 0 aromatic heterocycles. The second-order valence-electron chi connectivity index (χ2n) is 4.97. The first-order chi connectivity index (χ1) is 7.64. The summed E-state index contributed by atoms with van der Waals surface area (Å²) in [7, 11) is 1.66. The van der Waals surface area contributed by atoms with Gasteiger partial charge in [0, 0.05) is 39.8 Å². The zero-order chi connectivity index (χ0) is 11.9. The van der Waals surface area contributed by atoms with E-state index in [1.807, 2.05) is 6.92 Å². The molecule has 4 heteroatoms. The average Bonchev–Trinajstić information content (AvgIpc) is 2.75. The topological polar surface area (TPSA) is 44.7 Å². The maximum Gasteiger partial charge on any atom is 0.0765 e. The number of aliphatic hydroxyl groups is 1. The van der Waals surface area contributed by atoms with Gasteiger partial charge in [0.05, 0.1) is 5.60 Å². The first-order valence-corrected chi connectivity index (χ1v) is 6.28. The number of hydrogen-bond donors (Lipinski definition) is 2. The minimum atomic E-state index is -0.652. The first-order valence-electron chi connectivity index (χ1n) is 6.28. The molecule has 1 rings (SSSR count).